The highest BCUT2D eigenvalue weighted by atomic mass is 16.5. The van der Waals surface area contributed by atoms with Gasteiger partial charge in [-0.05, 0) is 65.1 Å². The Bertz CT molecular complexity index is 310. The molecule has 1 fully saturated rings. The third-order valence-corrected chi connectivity index (χ3v) is 4.35. The van der Waals surface area contributed by atoms with Crippen LogP contribution in [0.15, 0.2) is 0 Å². The van der Waals surface area contributed by atoms with E-state index >= 15 is 0 Å². The Morgan fingerprint density at radius 3 is 2.76 bits per heavy atom. The molecule has 0 aromatic heterocycles. The molecular formula is C17H33N3O. The van der Waals surface area contributed by atoms with Crippen molar-refractivity contribution in [1.82, 2.24) is 10.2 Å². The fourth-order valence-corrected chi connectivity index (χ4v) is 2.85. The fraction of sp³-hybridized carbons (Fsp3) is 0.941. The van der Waals surface area contributed by atoms with Crippen molar-refractivity contribution >= 4 is 0 Å². The van der Waals surface area contributed by atoms with E-state index in [0.717, 1.165) is 58.5 Å². The molecule has 0 aromatic carbocycles. The van der Waals surface area contributed by atoms with E-state index in [-0.39, 0.29) is 5.54 Å². The molecule has 1 aliphatic rings. The zero-order valence-electron chi connectivity index (χ0n) is 14.2. The molecule has 1 rings (SSSR count). The molecule has 0 bridgehead atoms. The number of nitrogens with one attached hydrogen (secondary N) is 1. The lowest BCUT2D eigenvalue weighted by Gasteiger charge is -2.25. The normalized spacial score (nSPS) is 21.4. The van der Waals surface area contributed by atoms with Crippen molar-refractivity contribution in [2.45, 2.75) is 70.9 Å². The predicted molar refractivity (Wildman–Crippen MR) is 87.3 cm³/mol. The molecule has 0 amide bonds. The number of ether oxygens (including phenoxy) is 1. The number of nitrogens with zero attached hydrogens (tertiary/aromatic N) is 2. The van der Waals surface area contributed by atoms with Gasteiger partial charge < -0.3 is 9.64 Å². The highest BCUT2D eigenvalue weighted by Gasteiger charge is 2.22. The van der Waals surface area contributed by atoms with Crippen LogP contribution in [0.2, 0.25) is 0 Å². The lowest BCUT2D eigenvalue weighted by Crippen LogP contribution is -2.41. The second-order valence-corrected chi connectivity index (χ2v) is 6.36. The molecular weight excluding hydrogens is 262 g/mol. The first kappa shape index (κ1) is 18.4. The first-order valence-electron chi connectivity index (χ1n) is 8.63. The maximum absolute atomic E-state index is 9.32. The van der Waals surface area contributed by atoms with Crippen molar-refractivity contribution in [1.29, 1.82) is 5.26 Å². The van der Waals surface area contributed by atoms with Crippen molar-refractivity contribution in [2.75, 3.05) is 32.8 Å². The first-order chi connectivity index (χ1) is 10.1. The molecule has 1 saturated heterocycles. The van der Waals surface area contributed by atoms with Gasteiger partial charge in [0.1, 0.15) is 5.54 Å². The third-order valence-electron chi connectivity index (χ3n) is 4.35. The molecule has 1 aliphatic heterocycles. The molecule has 2 atom stereocenters. The van der Waals surface area contributed by atoms with Gasteiger partial charge in [0.25, 0.3) is 0 Å². The molecule has 0 radical (unpaired) electrons. The lowest BCUT2D eigenvalue weighted by molar-refractivity contribution is 0.0741. The Morgan fingerprint density at radius 1 is 1.38 bits per heavy atom. The average Bonchev–Trinajstić information content (AvgIpc) is 3.01. The number of hydrogen-bond donors (Lipinski definition) is 1. The molecule has 2 unspecified atom stereocenters. The van der Waals surface area contributed by atoms with Gasteiger partial charge in [-0.25, -0.2) is 0 Å². The van der Waals surface area contributed by atoms with Gasteiger partial charge in [-0.1, -0.05) is 13.8 Å². The number of likely N-dealkylation sites (N-methyl/N-ethyl adjacent to an activating group) is 1. The molecule has 1 N–H and O–H groups in total. The van der Waals surface area contributed by atoms with Gasteiger partial charge >= 0.3 is 0 Å². The number of unbranched alkanes of at least 4 members (excludes halogenated alkanes) is 1. The summed E-state index contributed by atoms with van der Waals surface area (Å²) in [5, 5.41) is 12.7. The average molecular weight is 295 g/mol. The summed E-state index contributed by atoms with van der Waals surface area (Å²) in [4.78, 5) is 2.49. The van der Waals surface area contributed by atoms with Crippen molar-refractivity contribution in [3.05, 3.63) is 0 Å². The Morgan fingerprint density at radius 2 is 2.19 bits per heavy atom. The van der Waals surface area contributed by atoms with E-state index < -0.39 is 0 Å². The number of nitriles is 1. The topological polar surface area (TPSA) is 48.3 Å². The van der Waals surface area contributed by atoms with E-state index in [2.05, 4.69) is 30.1 Å². The maximum atomic E-state index is 9.32. The summed E-state index contributed by atoms with van der Waals surface area (Å²) in [5.41, 5.74) is -0.360. The largest absolute Gasteiger partial charge is 0.377 e. The van der Waals surface area contributed by atoms with Crippen LogP contribution in [0.25, 0.3) is 0 Å². The SMILES string of the molecule is CCCNC(C)(C#N)CCCCN(CC)CC1CCCO1. The summed E-state index contributed by atoms with van der Waals surface area (Å²) >= 11 is 0. The quantitative estimate of drug-likeness (QED) is 0.595. The molecule has 0 spiro atoms. The third kappa shape index (κ3) is 7.26. The smallest absolute Gasteiger partial charge is 0.103 e. The van der Waals surface area contributed by atoms with Gasteiger partial charge in [-0.3, -0.25) is 5.32 Å². The highest BCUT2D eigenvalue weighted by molar-refractivity contribution is 5.03. The molecule has 4 heteroatoms. The van der Waals surface area contributed by atoms with Crippen LogP contribution in [0.3, 0.4) is 0 Å². The second kappa shape index (κ2) is 10.2. The fourth-order valence-electron chi connectivity index (χ4n) is 2.85. The maximum Gasteiger partial charge on any atom is 0.103 e. The zero-order valence-corrected chi connectivity index (χ0v) is 14.2. The van der Waals surface area contributed by atoms with Gasteiger partial charge in [0.2, 0.25) is 0 Å². The van der Waals surface area contributed by atoms with E-state index in [1.165, 1.54) is 12.8 Å². The van der Waals surface area contributed by atoms with Crippen LogP contribution in [0.5, 0.6) is 0 Å². The van der Waals surface area contributed by atoms with Gasteiger partial charge in [0.15, 0.2) is 0 Å². The lowest BCUT2D eigenvalue weighted by atomic mass is 9.96. The summed E-state index contributed by atoms with van der Waals surface area (Å²) in [6, 6.07) is 2.43. The van der Waals surface area contributed by atoms with Crippen LogP contribution in [-0.4, -0.2) is 49.3 Å². The number of rotatable bonds is 11. The first-order valence-corrected chi connectivity index (χ1v) is 8.63. The van der Waals surface area contributed by atoms with E-state index in [1.54, 1.807) is 0 Å². The molecule has 1 heterocycles. The molecule has 4 nitrogen and oxygen atoms in total. The second-order valence-electron chi connectivity index (χ2n) is 6.36. The van der Waals surface area contributed by atoms with Crippen molar-refractivity contribution < 1.29 is 4.74 Å². The van der Waals surface area contributed by atoms with Gasteiger partial charge in [0, 0.05) is 13.2 Å². The van der Waals surface area contributed by atoms with E-state index in [9.17, 15) is 5.26 Å². The summed E-state index contributed by atoms with van der Waals surface area (Å²) in [5.74, 6) is 0. The van der Waals surface area contributed by atoms with Crippen molar-refractivity contribution in [3.63, 3.8) is 0 Å². The van der Waals surface area contributed by atoms with Gasteiger partial charge in [-0.15, -0.1) is 0 Å². The minimum atomic E-state index is -0.360. The Balaban J connectivity index is 2.19. The van der Waals surface area contributed by atoms with Gasteiger partial charge in [-0.2, -0.15) is 5.26 Å². The predicted octanol–water partition coefficient (Wildman–Crippen LogP) is 2.94. The summed E-state index contributed by atoms with van der Waals surface area (Å²) in [7, 11) is 0. The summed E-state index contributed by atoms with van der Waals surface area (Å²) < 4.78 is 5.71. The minimum absolute atomic E-state index is 0.360. The van der Waals surface area contributed by atoms with Gasteiger partial charge in [0.05, 0.1) is 12.2 Å². The Labute approximate surface area is 130 Å². The standard InChI is InChI=1S/C17H33N3O/c1-4-11-19-17(3,15-18)10-6-7-12-20(5-2)14-16-9-8-13-21-16/h16,19H,4-14H2,1-3H3. The Hall–Kier alpha value is -0.630. The van der Waals surface area contributed by atoms with E-state index in [4.69, 9.17) is 4.74 Å². The molecule has 0 aromatic rings. The summed E-state index contributed by atoms with van der Waals surface area (Å²) in [6.07, 6.45) is 7.13. The molecule has 0 aliphatic carbocycles. The number of hydrogen-bond acceptors (Lipinski definition) is 4. The minimum Gasteiger partial charge on any atom is -0.377 e. The van der Waals surface area contributed by atoms with Crippen LogP contribution in [-0.2, 0) is 4.74 Å². The van der Waals surface area contributed by atoms with Crippen LogP contribution in [0.4, 0.5) is 0 Å². The van der Waals surface area contributed by atoms with Crippen LogP contribution < -0.4 is 5.32 Å². The highest BCUT2D eigenvalue weighted by Crippen LogP contribution is 2.15. The molecule has 21 heavy (non-hydrogen) atoms. The van der Waals surface area contributed by atoms with Crippen molar-refractivity contribution in [3.8, 4) is 6.07 Å². The van der Waals surface area contributed by atoms with E-state index in [0.29, 0.717) is 6.10 Å². The Kier molecular flexibility index (Phi) is 8.91. The monoisotopic (exact) mass is 295 g/mol. The molecule has 0 saturated carbocycles. The van der Waals surface area contributed by atoms with Crippen LogP contribution >= 0.6 is 0 Å². The molecule has 122 valence electrons. The summed E-state index contributed by atoms with van der Waals surface area (Å²) in [6.45, 7) is 11.5. The zero-order chi connectivity index (χ0) is 15.6. The van der Waals surface area contributed by atoms with E-state index in [1.807, 2.05) is 6.92 Å². The van der Waals surface area contributed by atoms with Crippen LogP contribution in [0, 0.1) is 11.3 Å². The van der Waals surface area contributed by atoms with Crippen molar-refractivity contribution in [2.24, 2.45) is 0 Å². The van der Waals surface area contributed by atoms with Crippen LogP contribution in [0.1, 0.15) is 59.3 Å².